The number of nitrogens with one attached hydrogen (secondary N) is 2. The van der Waals surface area contributed by atoms with E-state index < -0.39 is 0 Å². The van der Waals surface area contributed by atoms with Gasteiger partial charge in [0.05, 0.1) is 0 Å². The van der Waals surface area contributed by atoms with Crippen LogP contribution in [-0.2, 0) is 4.79 Å². The van der Waals surface area contributed by atoms with Gasteiger partial charge in [-0.2, -0.15) is 0 Å². The number of carbonyl (C=O) groups excluding carboxylic acids is 1. The molecule has 3 heteroatoms. The molecule has 2 rings (SSSR count). The molecule has 0 spiro atoms. The van der Waals surface area contributed by atoms with Crippen molar-refractivity contribution in [3.8, 4) is 0 Å². The summed E-state index contributed by atoms with van der Waals surface area (Å²) in [5, 5.41) is 6.21. The molecule has 0 saturated carbocycles. The molecule has 3 nitrogen and oxygen atoms in total. The van der Waals surface area contributed by atoms with Crippen molar-refractivity contribution in [2.24, 2.45) is 11.8 Å². The highest BCUT2D eigenvalue weighted by Crippen LogP contribution is 2.14. The Morgan fingerprint density at radius 2 is 1.40 bits per heavy atom. The van der Waals surface area contributed by atoms with E-state index in [0.29, 0.717) is 17.6 Å². The summed E-state index contributed by atoms with van der Waals surface area (Å²) < 4.78 is 0. The molecule has 2 saturated heterocycles. The zero-order valence-corrected chi connectivity index (χ0v) is 5.89. The topological polar surface area (TPSA) is 41.1 Å². The number of carbonyl (C=O) groups is 1. The van der Waals surface area contributed by atoms with Crippen LogP contribution in [0.1, 0.15) is 0 Å². The molecule has 0 bridgehead atoms. The van der Waals surface area contributed by atoms with E-state index in [1.54, 1.807) is 0 Å². The number of ketones is 1. The summed E-state index contributed by atoms with van der Waals surface area (Å²) in [6.45, 7) is 3.65. The third-order valence-electron chi connectivity index (χ3n) is 2.37. The monoisotopic (exact) mass is 140 g/mol. The predicted octanol–water partition coefficient (Wildman–Crippen LogP) is -1.01. The quantitative estimate of drug-likeness (QED) is 0.516. The van der Waals surface area contributed by atoms with Crippen LogP contribution in [0.25, 0.3) is 0 Å². The fraction of sp³-hybridized carbons (Fsp3) is 0.857. The van der Waals surface area contributed by atoms with Gasteiger partial charge in [-0.15, -0.1) is 0 Å². The van der Waals surface area contributed by atoms with Crippen LogP contribution in [-0.4, -0.2) is 32.0 Å². The number of hydrogen-bond donors (Lipinski definition) is 2. The summed E-state index contributed by atoms with van der Waals surface area (Å²) in [7, 11) is 0. The van der Waals surface area contributed by atoms with Crippen molar-refractivity contribution in [3.63, 3.8) is 0 Å². The Kier molecular flexibility index (Phi) is 1.47. The van der Waals surface area contributed by atoms with E-state index in [0.717, 1.165) is 26.2 Å². The summed E-state index contributed by atoms with van der Waals surface area (Å²) >= 11 is 0. The average Bonchev–Trinajstić information content (AvgIpc) is 1.52. The summed E-state index contributed by atoms with van der Waals surface area (Å²) in [6, 6.07) is 0. The van der Waals surface area contributed by atoms with Gasteiger partial charge < -0.3 is 10.6 Å². The molecule has 2 fully saturated rings. The van der Waals surface area contributed by atoms with E-state index in [1.165, 1.54) is 0 Å². The fourth-order valence-corrected chi connectivity index (χ4v) is 1.31. The van der Waals surface area contributed by atoms with Crippen molar-refractivity contribution >= 4 is 5.78 Å². The van der Waals surface area contributed by atoms with Gasteiger partial charge >= 0.3 is 0 Å². The molecule has 2 heterocycles. The molecule has 0 aromatic rings. The van der Waals surface area contributed by atoms with Gasteiger partial charge in [-0.25, -0.2) is 0 Å². The first-order valence-corrected chi connectivity index (χ1v) is 3.83. The molecule has 2 aliphatic rings. The number of hydrogen-bond acceptors (Lipinski definition) is 3. The summed E-state index contributed by atoms with van der Waals surface area (Å²) in [5.74, 6) is 1.15. The lowest BCUT2D eigenvalue weighted by Crippen LogP contribution is -2.55. The van der Waals surface area contributed by atoms with Gasteiger partial charge in [-0.3, -0.25) is 4.79 Å². The Balaban J connectivity index is 1.84. The van der Waals surface area contributed by atoms with Crippen molar-refractivity contribution in [2.45, 2.75) is 0 Å². The highest BCUT2D eigenvalue weighted by atomic mass is 16.1. The molecule has 0 unspecified atom stereocenters. The minimum absolute atomic E-state index is 0.340. The maximum Gasteiger partial charge on any atom is 0.144 e. The summed E-state index contributed by atoms with van der Waals surface area (Å²) in [5.41, 5.74) is 0. The van der Waals surface area contributed by atoms with Crippen LogP contribution in [0.4, 0.5) is 0 Å². The lowest BCUT2D eigenvalue weighted by Gasteiger charge is -2.33. The molecule has 10 heavy (non-hydrogen) atoms. The van der Waals surface area contributed by atoms with Crippen LogP contribution in [0.3, 0.4) is 0 Å². The van der Waals surface area contributed by atoms with Crippen LogP contribution >= 0.6 is 0 Å². The molecule has 0 aliphatic carbocycles. The third kappa shape index (κ3) is 0.859. The second-order valence-electron chi connectivity index (χ2n) is 3.11. The Morgan fingerprint density at radius 1 is 1.00 bits per heavy atom. The Hall–Kier alpha value is -0.410. The lowest BCUT2D eigenvalue weighted by molar-refractivity contribution is -0.129. The average molecular weight is 140 g/mol. The fourth-order valence-electron chi connectivity index (χ4n) is 1.31. The number of Topliss-reactive ketones (excluding diaryl/α,β-unsaturated/α-hetero) is 1. The first kappa shape index (κ1) is 6.31. The zero-order valence-electron chi connectivity index (χ0n) is 5.89. The molecule has 0 radical (unpaired) electrons. The van der Waals surface area contributed by atoms with Crippen molar-refractivity contribution in [3.05, 3.63) is 0 Å². The highest BCUT2D eigenvalue weighted by Gasteiger charge is 2.33. The zero-order chi connectivity index (χ0) is 6.97. The van der Waals surface area contributed by atoms with Gasteiger partial charge in [0.15, 0.2) is 0 Å². The Morgan fingerprint density at radius 3 is 1.60 bits per heavy atom. The minimum atomic E-state index is 0.340. The first-order chi connectivity index (χ1) is 4.88. The normalized spacial score (nSPS) is 27.2. The smallest absolute Gasteiger partial charge is 0.144 e. The van der Waals surface area contributed by atoms with Crippen molar-refractivity contribution in [2.75, 3.05) is 26.2 Å². The number of rotatable bonds is 2. The predicted molar refractivity (Wildman–Crippen MR) is 37.7 cm³/mol. The maximum atomic E-state index is 11.3. The van der Waals surface area contributed by atoms with E-state index in [-0.39, 0.29) is 0 Å². The molecule has 0 aromatic carbocycles. The summed E-state index contributed by atoms with van der Waals surface area (Å²) in [6.07, 6.45) is 0. The molecular weight excluding hydrogens is 128 g/mol. The SMILES string of the molecule is O=C(C1CNC1)C1CNC1. The van der Waals surface area contributed by atoms with Crippen molar-refractivity contribution in [1.29, 1.82) is 0 Å². The first-order valence-electron chi connectivity index (χ1n) is 3.83. The van der Waals surface area contributed by atoms with E-state index >= 15 is 0 Å². The standard InChI is InChI=1S/C7H12N2O/c10-7(5-1-8-2-5)6-3-9-4-6/h5-6,8-9H,1-4H2. The molecular formula is C7H12N2O. The van der Waals surface area contributed by atoms with Gasteiger partial charge in [0.25, 0.3) is 0 Å². The second kappa shape index (κ2) is 2.32. The van der Waals surface area contributed by atoms with E-state index in [9.17, 15) is 4.79 Å². The van der Waals surface area contributed by atoms with Gasteiger partial charge in [0.1, 0.15) is 5.78 Å². The van der Waals surface area contributed by atoms with Crippen LogP contribution in [0.15, 0.2) is 0 Å². The molecule has 2 aliphatic heterocycles. The van der Waals surface area contributed by atoms with E-state index in [4.69, 9.17) is 0 Å². The van der Waals surface area contributed by atoms with Crippen LogP contribution < -0.4 is 10.6 Å². The second-order valence-corrected chi connectivity index (χ2v) is 3.11. The van der Waals surface area contributed by atoms with Gasteiger partial charge in [0, 0.05) is 38.0 Å². The summed E-state index contributed by atoms with van der Waals surface area (Å²) in [4.78, 5) is 11.3. The van der Waals surface area contributed by atoms with E-state index in [2.05, 4.69) is 10.6 Å². The largest absolute Gasteiger partial charge is 0.315 e. The van der Waals surface area contributed by atoms with E-state index in [1.807, 2.05) is 0 Å². The van der Waals surface area contributed by atoms with Crippen LogP contribution in [0.2, 0.25) is 0 Å². The molecule has 0 amide bonds. The van der Waals surface area contributed by atoms with Crippen molar-refractivity contribution in [1.82, 2.24) is 10.6 Å². The van der Waals surface area contributed by atoms with Gasteiger partial charge in [0.2, 0.25) is 0 Å². The highest BCUT2D eigenvalue weighted by molar-refractivity contribution is 5.85. The van der Waals surface area contributed by atoms with Gasteiger partial charge in [-0.1, -0.05) is 0 Å². The van der Waals surface area contributed by atoms with Crippen LogP contribution in [0.5, 0.6) is 0 Å². The maximum absolute atomic E-state index is 11.3. The molecule has 2 N–H and O–H groups in total. The third-order valence-corrected chi connectivity index (χ3v) is 2.37. The van der Waals surface area contributed by atoms with Crippen molar-refractivity contribution < 1.29 is 4.79 Å². The molecule has 56 valence electrons. The minimum Gasteiger partial charge on any atom is -0.315 e. The molecule has 0 aromatic heterocycles. The molecule has 0 atom stereocenters. The Bertz CT molecular complexity index is 134. The van der Waals surface area contributed by atoms with Gasteiger partial charge in [-0.05, 0) is 0 Å². The Labute approximate surface area is 60.2 Å². The van der Waals surface area contributed by atoms with Crippen LogP contribution in [0, 0.1) is 11.8 Å². The lowest BCUT2D eigenvalue weighted by atomic mass is 9.86.